The van der Waals surface area contributed by atoms with Crippen LogP contribution in [0.25, 0.3) is 10.2 Å². The number of carbonyl (C=O) groups is 1. The number of amides is 1. The van der Waals surface area contributed by atoms with E-state index >= 15 is 0 Å². The first-order valence-corrected chi connectivity index (χ1v) is 8.34. The highest BCUT2D eigenvalue weighted by atomic mass is 32.1. The van der Waals surface area contributed by atoms with Crippen LogP contribution in [0.1, 0.15) is 15.9 Å². The van der Waals surface area contributed by atoms with Crippen LogP contribution in [0, 0.1) is 12.7 Å². The Labute approximate surface area is 142 Å². The van der Waals surface area contributed by atoms with E-state index in [1.807, 2.05) is 23.6 Å². The third-order valence-electron chi connectivity index (χ3n) is 3.66. The van der Waals surface area contributed by atoms with Crippen LogP contribution in [0.15, 0.2) is 47.5 Å². The molecule has 24 heavy (non-hydrogen) atoms. The molecule has 1 heterocycles. The lowest BCUT2D eigenvalue weighted by Gasteiger charge is -2.04. The maximum absolute atomic E-state index is 13.8. The number of ether oxygens (including phenoxy) is 1. The minimum Gasteiger partial charge on any atom is -0.383 e. The SMILES string of the molecule is COCCn1c(=NC(=O)c2ccccc2F)sc2cc(C)ccc21. The summed E-state index contributed by atoms with van der Waals surface area (Å²) < 4.78 is 21.9. The Kier molecular flexibility index (Phi) is 4.87. The highest BCUT2D eigenvalue weighted by Gasteiger charge is 2.12. The van der Waals surface area contributed by atoms with Crippen LogP contribution in [0.2, 0.25) is 0 Å². The first kappa shape index (κ1) is 16.5. The Morgan fingerprint density at radius 1 is 1.29 bits per heavy atom. The number of rotatable bonds is 4. The number of aryl methyl sites for hydroxylation is 1. The summed E-state index contributed by atoms with van der Waals surface area (Å²) in [6.07, 6.45) is 0. The van der Waals surface area contributed by atoms with Crippen molar-refractivity contribution in [3.05, 3.63) is 64.2 Å². The van der Waals surface area contributed by atoms with Gasteiger partial charge in [-0.1, -0.05) is 29.5 Å². The summed E-state index contributed by atoms with van der Waals surface area (Å²) in [5, 5.41) is 0. The Hall–Kier alpha value is -2.31. The fourth-order valence-electron chi connectivity index (χ4n) is 2.45. The second-order valence-electron chi connectivity index (χ2n) is 5.40. The van der Waals surface area contributed by atoms with Gasteiger partial charge < -0.3 is 9.30 Å². The number of halogens is 1. The molecule has 3 aromatic rings. The predicted molar refractivity (Wildman–Crippen MR) is 92.7 cm³/mol. The van der Waals surface area contributed by atoms with Gasteiger partial charge in [-0.2, -0.15) is 4.99 Å². The zero-order valence-corrected chi connectivity index (χ0v) is 14.3. The number of fused-ring (bicyclic) bond motifs is 1. The maximum atomic E-state index is 13.8. The molecule has 6 heteroatoms. The van der Waals surface area contributed by atoms with Gasteiger partial charge in [0, 0.05) is 13.7 Å². The molecule has 1 amide bonds. The predicted octanol–water partition coefficient (Wildman–Crippen LogP) is 3.54. The molecule has 1 aromatic heterocycles. The number of aromatic nitrogens is 1. The Morgan fingerprint density at radius 2 is 2.08 bits per heavy atom. The van der Waals surface area contributed by atoms with Crippen molar-refractivity contribution in [2.24, 2.45) is 4.99 Å². The van der Waals surface area contributed by atoms with Gasteiger partial charge in [-0.25, -0.2) is 4.39 Å². The van der Waals surface area contributed by atoms with Gasteiger partial charge in [0.2, 0.25) is 0 Å². The maximum Gasteiger partial charge on any atom is 0.282 e. The van der Waals surface area contributed by atoms with Crippen molar-refractivity contribution in [3.63, 3.8) is 0 Å². The van der Waals surface area contributed by atoms with Crippen molar-refractivity contribution >= 4 is 27.5 Å². The number of methoxy groups -OCH3 is 1. The molecule has 124 valence electrons. The second-order valence-corrected chi connectivity index (χ2v) is 6.41. The molecule has 0 radical (unpaired) electrons. The topological polar surface area (TPSA) is 43.6 Å². The number of thiazole rings is 1. The van der Waals surface area contributed by atoms with E-state index in [4.69, 9.17) is 4.74 Å². The normalized spacial score (nSPS) is 12.0. The summed E-state index contributed by atoms with van der Waals surface area (Å²) in [6, 6.07) is 11.9. The van der Waals surface area contributed by atoms with E-state index in [2.05, 4.69) is 11.1 Å². The van der Waals surface area contributed by atoms with Crippen LogP contribution in [-0.2, 0) is 11.3 Å². The number of nitrogens with zero attached hydrogens (tertiary/aromatic N) is 2. The number of carbonyl (C=O) groups excluding carboxylic acids is 1. The van der Waals surface area contributed by atoms with Gasteiger partial charge in [-0.15, -0.1) is 0 Å². The molecule has 2 aromatic carbocycles. The Bertz CT molecular complexity index is 959. The van der Waals surface area contributed by atoms with Gasteiger partial charge in [0.1, 0.15) is 5.82 Å². The molecule has 4 nitrogen and oxygen atoms in total. The van der Waals surface area contributed by atoms with Gasteiger partial charge in [0.25, 0.3) is 5.91 Å². The summed E-state index contributed by atoms with van der Waals surface area (Å²) in [5.74, 6) is -1.14. The van der Waals surface area contributed by atoms with Crippen LogP contribution in [0.4, 0.5) is 4.39 Å². The molecule has 0 aliphatic rings. The highest BCUT2D eigenvalue weighted by Crippen LogP contribution is 2.19. The van der Waals surface area contributed by atoms with E-state index in [9.17, 15) is 9.18 Å². The van der Waals surface area contributed by atoms with Crippen LogP contribution < -0.4 is 4.80 Å². The smallest absolute Gasteiger partial charge is 0.282 e. The summed E-state index contributed by atoms with van der Waals surface area (Å²) in [5.41, 5.74) is 2.10. The molecular formula is C18H17FN2O2S. The van der Waals surface area contributed by atoms with Crippen molar-refractivity contribution < 1.29 is 13.9 Å². The van der Waals surface area contributed by atoms with E-state index in [-0.39, 0.29) is 5.56 Å². The van der Waals surface area contributed by atoms with Crippen LogP contribution in [0.3, 0.4) is 0 Å². The number of hydrogen-bond donors (Lipinski definition) is 0. The monoisotopic (exact) mass is 344 g/mol. The first-order chi connectivity index (χ1) is 11.6. The van der Waals surface area contributed by atoms with Crippen molar-refractivity contribution in [2.45, 2.75) is 13.5 Å². The molecule has 0 saturated carbocycles. The molecule has 3 rings (SSSR count). The largest absolute Gasteiger partial charge is 0.383 e. The van der Waals surface area contributed by atoms with Crippen molar-refractivity contribution in [3.8, 4) is 0 Å². The average molecular weight is 344 g/mol. The molecule has 0 aliphatic carbocycles. The van der Waals surface area contributed by atoms with E-state index in [1.165, 1.54) is 23.5 Å². The lowest BCUT2D eigenvalue weighted by atomic mass is 10.2. The van der Waals surface area contributed by atoms with E-state index in [0.29, 0.717) is 18.0 Å². The summed E-state index contributed by atoms with van der Waals surface area (Å²) >= 11 is 1.41. The third kappa shape index (κ3) is 3.29. The minimum absolute atomic E-state index is 0.0237. The molecule has 0 aliphatic heterocycles. The summed E-state index contributed by atoms with van der Waals surface area (Å²) in [4.78, 5) is 17.1. The highest BCUT2D eigenvalue weighted by molar-refractivity contribution is 7.16. The molecule has 0 spiro atoms. The molecule has 0 unspecified atom stereocenters. The first-order valence-electron chi connectivity index (χ1n) is 7.52. The Morgan fingerprint density at radius 3 is 2.83 bits per heavy atom. The summed E-state index contributed by atoms with van der Waals surface area (Å²) in [6.45, 7) is 3.09. The standard InChI is InChI=1S/C18H17FN2O2S/c1-12-7-8-15-16(11-12)24-18(21(15)9-10-23-2)20-17(22)13-5-3-4-6-14(13)19/h3-8,11H,9-10H2,1-2H3. The Balaban J connectivity index is 2.13. The zero-order valence-electron chi connectivity index (χ0n) is 13.5. The van der Waals surface area contributed by atoms with E-state index < -0.39 is 11.7 Å². The second kappa shape index (κ2) is 7.07. The van der Waals surface area contributed by atoms with Gasteiger partial charge >= 0.3 is 0 Å². The van der Waals surface area contributed by atoms with Gasteiger partial charge in [0.15, 0.2) is 4.80 Å². The van der Waals surface area contributed by atoms with E-state index in [1.54, 1.807) is 19.2 Å². The van der Waals surface area contributed by atoms with Gasteiger partial charge in [-0.3, -0.25) is 4.79 Å². The quantitative estimate of drug-likeness (QED) is 0.727. The van der Waals surface area contributed by atoms with Crippen LogP contribution >= 0.6 is 11.3 Å². The molecule has 0 fully saturated rings. The van der Waals surface area contributed by atoms with Crippen LogP contribution in [0.5, 0.6) is 0 Å². The zero-order chi connectivity index (χ0) is 17.1. The molecular weight excluding hydrogens is 327 g/mol. The fraction of sp³-hybridized carbons (Fsp3) is 0.222. The van der Waals surface area contributed by atoms with Crippen molar-refractivity contribution in [1.82, 2.24) is 4.57 Å². The third-order valence-corrected chi connectivity index (χ3v) is 4.70. The van der Waals surface area contributed by atoms with Crippen molar-refractivity contribution in [1.29, 1.82) is 0 Å². The molecule has 0 bridgehead atoms. The fourth-order valence-corrected chi connectivity index (χ4v) is 3.60. The van der Waals surface area contributed by atoms with Gasteiger partial charge in [-0.05, 0) is 36.8 Å². The van der Waals surface area contributed by atoms with Gasteiger partial charge in [0.05, 0.1) is 22.4 Å². The number of hydrogen-bond acceptors (Lipinski definition) is 3. The molecule has 0 saturated heterocycles. The summed E-state index contributed by atoms with van der Waals surface area (Å²) in [7, 11) is 1.63. The lowest BCUT2D eigenvalue weighted by molar-refractivity contribution is 0.0993. The van der Waals surface area contributed by atoms with E-state index in [0.717, 1.165) is 15.8 Å². The molecule has 0 atom stereocenters. The average Bonchev–Trinajstić information content (AvgIpc) is 2.89. The number of benzene rings is 2. The minimum atomic E-state index is -0.581. The lowest BCUT2D eigenvalue weighted by Crippen LogP contribution is -2.19. The van der Waals surface area contributed by atoms with Crippen molar-refractivity contribution in [2.75, 3.05) is 13.7 Å². The molecule has 0 N–H and O–H groups in total. The van der Waals surface area contributed by atoms with Crippen LogP contribution in [-0.4, -0.2) is 24.2 Å².